The summed E-state index contributed by atoms with van der Waals surface area (Å²) in [6, 6.07) is 1.77. The number of aromatic nitrogens is 2. The van der Waals surface area contributed by atoms with Gasteiger partial charge in [-0.2, -0.15) is 0 Å². The lowest BCUT2D eigenvalue weighted by molar-refractivity contribution is 0.0166. The van der Waals surface area contributed by atoms with Crippen molar-refractivity contribution in [3.8, 4) is 5.88 Å². The first-order valence-corrected chi connectivity index (χ1v) is 7.02. The predicted molar refractivity (Wildman–Crippen MR) is 74.3 cm³/mol. The average Bonchev–Trinajstić information content (AvgIpc) is 2.37. The maximum Gasteiger partial charge on any atom is 0.218 e. The van der Waals surface area contributed by atoms with Crippen LogP contribution in [0.3, 0.4) is 0 Å². The van der Waals surface area contributed by atoms with E-state index in [0.29, 0.717) is 18.2 Å². The summed E-state index contributed by atoms with van der Waals surface area (Å²) >= 11 is 0. The molecule has 0 spiro atoms. The van der Waals surface area contributed by atoms with E-state index in [2.05, 4.69) is 15.3 Å². The summed E-state index contributed by atoms with van der Waals surface area (Å²) in [4.78, 5) is 8.20. The third kappa shape index (κ3) is 4.35. The van der Waals surface area contributed by atoms with Gasteiger partial charge in [0.25, 0.3) is 0 Å². The van der Waals surface area contributed by atoms with Gasteiger partial charge in [0.05, 0.1) is 11.7 Å². The van der Waals surface area contributed by atoms with E-state index in [-0.39, 0.29) is 6.10 Å². The molecule has 1 aliphatic carbocycles. The Labute approximate surface area is 114 Å². The Morgan fingerprint density at radius 1 is 1.32 bits per heavy atom. The molecule has 0 radical (unpaired) electrons. The second-order valence-electron chi connectivity index (χ2n) is 5.55. The first kappa shape index (κ1) is 14.1. The molecule has 1 saturated carbocycles. The fraction of sp³-hybridized carbons (Fsp3) is 0.714. The third-order valence-electron chi connectivity index (χ3n) is 3.38. The monoisotopic (exact) mass is 265 g/mol. The van der Waals surface area contributed by atoms with Gasteiger partial charge in [-0.25, -0.2) is 9.97 Å². The van der Waals surface area contributed by atoms with Crippen molar-refractivity contribution in [2.75, 3.05) is 11.9 Å². The highest BCUT2D eigenvalue weighted by molar-refractivity contribution is 5.37. The Bertz CT molecular complexity index is 403. The van der Waals surface area contributed by atoms with Gasteiger partial charge in [-0.15, -0.1) is 0 Å². The first-order valence-electron chi connectivity index (χ1n) is 7.02. The summed E-state index contributed by atoms with van der Waals surface area (Å²) in [6.45, 7) is 4.45. The molecule has 0 aromatic carbocycles. The van der Waals surface area contributed by atoms with Crippen LogP contribution in [-0.4, -0.2) is 33.3 Å². The molecule has 2 rings (SSSR count). The van der Waals surface area contributed by atoms with Crippen molar-refractivity contribution in [2.24, 2.45) is 0 Å². The zero-order valence-electron chi connectivity index (χ0n) is 11.7. The van der Waals surface area contributed by atoms with E-state index in [1.54, 1.807) is 6.07 Å². The molecule has 0 atom stereocenters. The Morgan fingerprint density at radius 3 is 2.74 bits per heavy atom. The molecule has 106 valence electrons. The van der Waals surface area contributed by atoms with E-state index >= 15 is 0 Å². The standard InChI is InChI=1S/C14H23N3O2/c1-11(2)19-13-8-12(16-10-17-13)15-9-14(18)6-4-3-5-7-14/h8,10-11,18H,3-7,9H2,1-2H3,(H,15,16,17). The Hall–Kier alpha value is -1.36. The van der Waals surface area contributed by atoms with Crippen molar-refractivity contribution in [2.45, 2.75) is 57.7 Å². The van der Waals surface area contributed by atoms with Crippen LogP contribution < -0.4 is 10.1 Å². The van der Waals surface area contributed by atoms with Gasteiger partial charge in [0.2, 0.25) is 5.88 Å². The van der Waals surface area contributed by atoms with Crippen LogP contribution in [0, 0.1) is 0 Å². The lowest BCUT2D eigenvalue weighted by atomic mass is 9.85. The third-order valence-corrected chi connectivity index (χ3v) is 3.38. The summed E-state index contributed by atoms with van der Waals surface area (Å²) in [6.07, 6.45) is 6.71. The molecular weight excluding hydrogens is 242 g/mol. The molecular formula is C14H23N3O2. The number of nitrogens with one attached hydrogen (secondary N) is 1. The SMILES string of the molecule is CC(C)Oc1cc(NCC2(O)CCCCC2)ncn1. The van der Waals surface area contributed by atoms with Crippen LogP contribution in [-0.2, 0) is 0 Å². The van der Waals surface area contributed by atoms with Crippen LogP contribution in [0.4, 0.5) is 5.82 Å². The second kappa shape index (κ2) is 6.19. The number of aliphatic hydroxyl groups is 1. The smallest absolute Gasteiger partial charge is 0.218 e. The van der Waals surface area contributed by atoms with Gasteiger partial charge in [0, 0.05) is 12.6 Å². The molecule has 1 fully saturated rings. The normalized spacial score (nSPS) is 18.3. The van der Waals surface area contributed by atoms with Crippen molar-refractivity contribution in [3.05, 3.63) is 12.4 Å². The number of ether oxygens (including phenoxy) is 1. The lowest BCUT2D eigenvalue weighted by Crippen LogP contribution is -2.38. The van der Waals surface area contributed by atoms with E-state index in [1.807, 2.05) is 13.8 Å². The lowest BCUT2D eigenvalue weighted by Gasteiger charge is -2.32. The second-order valence-corrected chi connectivity index (χ2v) is 5.55. The summed E-state index contributed by atoms with van der Waals surface area (Å²) in [5.74, 6) is 1.26. The first-order chi connectivity index (χ1) is 9.07. The van der Waals surface area contributed by atoms with Crippen molar-refractivity contribution in [1.29, 1.82) is 0 Å². The number of nitrogens with zero attached hydrogens (tertiary/aromatic N) is 2. The van der Waals surface area contributed by atoms with Crippen LogP contribution in [0.2, 0.25) is 0 Å². The van der Waals surface area contributed by atoms with Crippen LogP contribution in [0.5, 0.6) is 5.88 Å². The largest absolute Gasteiger partial charge is 0.475 e. The zero-order chi connectivity index (χ0) is 13.7. The topological polar surface area (TPSA) is 67.3 Å². The average molecular weight is 265 g/mol. The van der Waals surface area contributed by atoms with Crippen molar-refractivity contribution < 1.29 is 9.84 Å². The van der Waals surface area contributed by atoms with Crippen LogP contribution in [0.1, 0.15) is 46.0 Å². The predicted octanol–water partition coefficient (Wildman–Crippen LogP) is 2.37. The molecule has 1 aliphatic rings. The molecule has 1 aromatic rings. The summed E-state index contributed by atoms with van der Waals surface area (Å²) in [5, 5.41) is 13.6. The van der Waals surface area contributed by atoms with Crippen LogP contribution >= 0.6 is 0 Å². The fourth-order valence-electron chi connectivity index (χ4n) is 2.38. The van der Waals surface area contributed by atoms with Crippen molar-refractivity contribution in [1.82, 2.24) is 9.97 Å². The number of hydrogen-bond acceptors (Lipinski definition) is 5. The molecule has 2 N–H and O–H groups in total. The molecule has 0 bridgehead atoms. The van der Waals surface area contributed by atoms with Crippen molar-refractivity contribution in [3.63, 3.8) is 0 Å². The molecule has 0 aliphatic heterocycles. The zero-order valence-corrected chi connectivity index (χ0v) is 11.7. The van der Waals surface area contributed by atoms with Crippen molar-refractivity contribution >= 4 is 5.82 Å². The molecule has 0 amide bonds. The number of anilines is 1. The fourth-order valence-corrected chi connectivity index (χ4v) is 2.38. The highest BCUT2D eigenvalue weighted by Gasteiger charge is 2.28. The van der Waals surface area contributed by atoms with Gasteiger partial charge in [0.1, 0.15) is 12.1 Å². The van der Waals surface area contributed by atoms with E-state index in [0.717, 1.165) is 25.7 Å². The van der Waals surface area contributed by atoms with Crippen LogP contribution in [0.25, 0.3) is 0 Å². The van der Waals surface area contributed by atoms with Gasteiger partial charge in [-0.05, 0) is 26.7 Å². The highest BCUT2D eigenvalue weighted by atomic mass is 16.5. The quantitative estimate of drug-likeness (QED) is 0.855. The van der Waals surface area contributed by atoms with E-state index < -0.39 is 5.60 Å². The highest BCUT2D eigenvalue weighted by Crippen LogP contribution is 2.28. The Balaban J connectivity index is 1.91. The molecule has 0 saturated heterocycles. The minimum Gasteiger partial charge on any atom is -0.475 e. The van der Waals surface area contributed by atoms with Gasteiger partial charge in [-0.1, -0.05) is 19.3 Å². The van der Waals surface area contributed by atoms with E-state index in [4.69, 9.17) is 4.74 Å². The Kier molecular flexibility index (Phi) is 4.58. The minimum absolute atomic E-state index is 0.0882. The Morgan fingerprint density at radius 2 is 2.05 bits per heavy atom. The number of rotatable bonds is 5. The number of hydrogen-bond donors (Lipinski definition) is 2. The van der Waals surface area contributed by atoms with Crippen LogP contribution in [0.15, 0.2) is 12.4 Å². The summed E-state index contributed by atoms with van der Waals surface area (Å²) < 4.78 is 5.52. The maximum absolute atomic E-state index is 10.4. The van der Waals surface area contributed by atoms with Gasteiger partial charge in [0.15, 0.2) is 0 Å². The molecule has 0 unspecified atom stereocenters. The summed E-state index contributed by atoms with van der Waals surface area (Å²) in [7, 11) is 0. The molecule has 5 heteroatoms. The molecule has 5 nitrogen and oxygen atoms in total. The van der Waals surface area contributed by atoms with Gasteiger partial charge < -0.3 is 15.2 Å². The van der Waals surface area contributed by atoms with E-state index in [1.165, 1.54) is 12.7 Å². The molecule has 19 heavy (non-hydrogen) atoms. The van der Waals surface area contributed by atoms with E-state index in [9.17, 15) is 5.11 Å². The van der Waals surface area contributed by atoms with Gasteiger partial charge in [-0.3, -0.25) is 0 Å². The minimum atomic E-state index is -0.595. The molecule has 1 heterocycles. The van der Waals surface area contributed by atoms with Gasteiger partial charge >= 0.3 is 0 Å². The molecule has 1 aromatic heterocycles. The summed E-state index contributed by atoms with van der Waals surface area (Å²) in [5.41, 5.74) is -0.595. The maximum atomic E-state index is 10.4.